The summed E-state index contributed by atoms with van der Waals surface area (Å²) in [6.07, 6.45) is -2.63. The van der Waals surface area contributed by atoms with Gasteiger partial charge in [0, 0.05) is 22.9 Å². The molecule has 37 heavy (non-hydrogen) atoms. The van der Waals surface area contributed by atoms with Gasteiger partial charge >= 0.3 is 17.6 Å². The third-order valence-electron chi connectivity index (χ3n) is 4.90. The predicted molar refractivity (Wildman–Crippen MR) is 120 cm³/mol. The van der Waals surface area contributed by atoms with Gasteiger partial charge in [0.2, 0.25) is 0 Å². The molecule has 0 N–H and O–H groups in total. The first-order valence-corrected chi connectivity index (χ1v) is 12.6. The summed E-state index contributed by atoms with van der Waals surface area (Å²) in [4.78, 5) is 16.3. The molecule has 4 aromatic rings. The monoisotopic (exact) mass is 564 g/mol. The van der Waals surface area contributed by atoms with Crippen LogP contribution in [0.15, 0.2) is 69.4 Å². The second-order valence-corrected chi connectivity index (χ2v) is 10.7. The smallest absolute Gasteiger partial charge is 0.406 e. The maximum Gasteiger partial charge on any atom is 0.573 e. The molecule has 1 aromatic carbocycles. The van der Waals surface area contributed by atoms with Crippen LogP contribution in [0.4, 0.5) is 26.3 Å². The number of hydrogen-bond acceptors (Lipinski definition) is 7. The van der Waals surface area contributed by atoms with E-state index in [-0.39, 0.29) is 21.9 Å². The Hall–Kier alpha value is -3.53. The summed E-state index contributed by atoms with van der Waals surface area (Å²) in [7, 11) is -4.02. The molecule has 0 spiro atoms. The molecule has 16 heteroatoms. The fourth-order valence-electron chi connectivity index (χ4n) is 3.28. The van der Waals surface area contributed by atoms with Gasteiger partial charge in [-0.2, -0.15) is 17.9 Å². The van der Waals surface area contributed by atoms with Crippen molar-refractivity contribution >= 4 is 27.2 Å². The third-order valence-corrected chi connectivity index (χ3v) is 7.35. The van der Waals surface area contributed by atoms with E-state index in [4.69, 9.17) is 0 Å². The van der Waals surface area contributed by atoms with E-state index in [1.807, 2.05) is 0 Å². The summed E-state index contributed by atoms with van der Waals surface area (Å²) < 4.78 is 107. The van der Waals surface area contributed by atoms with E-state index in [0.29, 0.717) is 10.2 Å². The van der Waals surface area contributed by atoms with Crippen molar-refractivity contribution in [3.8, 4) is 22.7 Å². The number of thioether (sulfide) groups is 1. The molecule has 0 aliphatic rings. The Bertz CT molecular complexity index is 1630. The summed E-state index contributed by atoms with van der Waals surface area (Å²) in [5, 5.41) is 3.97. The number of ether oxygens (including phenoxy) is 1. The minimum atomic E-state index is -4.89. The molecule has 3 heterocycles. The molecular formula is C21H14F6N4O4S2. The first-order chi connectivity index (χ1) is 17.2. The Morgan fingerprint density at radius 1 is 1.00 bits per heavy atom. The van der Waals surface area contributed by atoms with E-state index in [2.05, 4.69) is 14.8 Å². The Labute approximate surface area is 208 Å². The van der Waals surface area contributed by atoms with Crippen LogP contribution in [-0.2, 0) is 9.84 Å². The fourth-order valence-corrected chi connectivity index (χ4v) is 4.87. The van der Waals surface area contributed by atoms with E-state index in [0.717, 1.165) is 34.9 Å². The quantitative estimate of drug-likeness (QED) is 0.244. The second kappa shape index (κ2) is 9.41. The number of halogens is 6. The van der Waals surface area contributed by atoms with Gasteiger partial charge in [-0.25, -0.2) is 22.6 Å². The van der Waals surface area contributed by atoms with Crippen molar-refractivity contribution in [2.75, 3.05) is 5.75 Å². The number of fused-ring (bicyclic) bond motifs is 1. The lowest BCUT2D eigenvalue weighted by Gasteiger charge is -2.11. The topological polar surface area (TPSA) is 95.6 Å². The van der Waals surface area contributed by atoms with E-state index in [1.165, 1.54) is 31.3 Å². The van der Waals surface area contributed by atoms with Crippen molar-refractivity contribution in [3.05, 3.63) is 65.3 Å². The van der Waals surface area contributed by atoms with Gasteiger partial charge in [0.1, 0.15) is 10.6 Å². The number of benzene rings is 1. The first kappa shape index (κ1) is 26.5. The number of sulfone groups is 1. The normalized spacial score (nSPS) is 12.7. The number of nitrogens with zero attached hydrogens (tertiary/aromatic N) is 4. The lowest BCUT2D eigenvalue weighted by molar-refractivity contribution is -0.274. The molecule has 0 aliphatic carbocycles. The Morgan fingerprint density at radius 2 is 1.68 bits per heavy atom. The first-order valence-electron chi connectivity index (χ1n) is 10.1. The zero-order valence-electron chi connectivity index (χ0n) is 18.4. The highest BCUT2D eigenvalue weighted by Gasteiger charge is 2.31. The van der Waals surface area contributed by atoms with Gasteiger partial charge in [-0.15, -0.1) is 18.3 Å². The van der Waals surface area contributed by atoms with Gasteiger partial charge in [-0.1, -0.05) is 19.1 Å². The molecular weight excluding hydrogens is 550 g/mol. The average molecular weight is 564 g/mol. The molecule has 0 aliphatic heterocycles. The molecule has 4 rings (SSSR count). The number of alkyl halides is 6. The molecule has 0 amide bonds. The Balaban J connectivity index is 1.81. The molecule has 0 fully saturated rings. The predicted octanol–water partition coefficient (Wildman–Crippen LogP) is 4.85. The van der Waals surface area contributed by atoms with Crippen LogP contribution in [0.1, 0.15) is 6.92 Å². The summed E-state index contributed by atoms with van der Waals surface area (Å²) in [6.45, 7) is 1.35. The van der Waals surface area contributed by atoms with Crippen LogP contribution in [0.2, 0.25) is 0 Å². The zero-order valence-corrected chi connectivity index (χ0v) is 20.0. The molecule has 8 nitrogen and oxygen atoms in total. The second-order valence-electron chi connectivity index (χ2n) is 7.35. The van der Waals surface area contributed by atoms with Crippen molar-refractivity contribution in [1.82, 2.24) is 19.2 Å². The summed E-state index contributed by atoms with van der Waals surface area (Å²) in [5.41, 5.74) is -5.12. The van der Waals surface area contributed by atoms with Crippen LogP contribution < -0.4 is 10.4 Å². The molecule has 196 valence electrons. The molecule has 0 saturated heterocycles. The van der Waals surface area contributed by atoms with Crippen molar-refractivity contribution in [2.45, 2.75) is 28.6 Å². The maximum absolute atomic E-state index is 12.9. The standard InChI is InChI=1S/C21H14F6N4O4S2/c1-2-37(33,34)16-9-13(12-3-5-14(6-4-12)35-20(22,23)24)11-28-18(16)31-19(32)30-8-7-15(10-17(30)29-31)36-21(25,26)27/h3-11H,2H2,1H3. The van der Waals surface area contributed by atoms with Gasteiger partial charge < -0.3 is 4.74 Å². The number of rotatable bonds is 6. The van der Waals surface area contributed by atoms with Crippen LogP contribution >= 0.6 is 11.8 Å². The third kappa shape index (κ3) is 5.90. The summed E-state index contributed by atoms with van der Waals surface area (Å²) in [5.74, 6) is -1.26. The lowest BCUT2D eigenvalue weighted by Crippen LogP contribution is -2.23. The molecule has 0 unspecified atom stereocenters. The van der Waals surface area contributed by atoms with E-state index in [1.54, 1.807) is 0 Å². The average Bonchev–Trinajstić information content (AvgIpc) is 3.12. The molecule has 0 bridgehead atoms. The summed E-state index contributed by atoms with van der Waals surface area (Å²) >= 11 is -0.406. The summed E-state index contributed by atoms with van der Waals surface area (Å²) in [6, 6.07) is 7.85. The number of aromatic nitrogens is 4. The van der Waals surface area contributed by atoms with Gasteiger partial charge in [-0.05, 0) is 47.7 Å². The van der Waals surface area contributed by atoms with Gasteiger partial charge in [0.05, 0.1) is 5.75 Å². The Kier molecular flexibility index (Phi) is 6.74. The molecule has 0 saturated carbocycles. The van der Waals surface area contributed by atoms with Gasteiger partial charge in [0.15, 0.2) is 21.3 Å². The maximum atomic E-state index is 12.9. The van der Waals surface area contributed by atoms with Crippen LogP contribution in [0.5, 0.6) is 5.75 Å². The van der Waals surface area contributed by atoms with E-state index < -0.39 is 55.6 Å². The van der Waals surface area contributed by atoms with Crippen molar-refractivity contribution in [1.29, 1.82) is 0 Å². The van der Waals surface area contributed by atoms with E-state index >= 15 is 0 Å². The number of pyridine rings is 2. The zero-order chi connectivity index (χ0) is 27.2. The molecule has 3 aromatic heterocycles. The van der Waals surface area contributed by atoms with E-state index in [9.17, 15) is 39.6 Å². The van der Waals surface area contributed by atoms with Crippen LogP contribution in [0, 0.1) is 0 Å². The molecule has 0 atom stereocenters. The highest BCUT2D eigenvalue weighted by Crippen LogP contribution is 2.37. The minimum absolute atomic E-state index is 0.176. The van der Waals surface area contributed by atoms with Gasteiger partial charge in [0.25, 0.3) is 0 Å². The number of hydrogen-bond donors (Lipinski definition) is 0. The van der Waals surface area contributed by atoms with Crippen LogP contribution in [0.3, 0.4) is 0 Å². The highest BCUT2D eigenvalue weighted by molar-refractivity contribution is 8.00. The lowest BCUT2D eigenvalue weighted by atomic mass is 10.1. The van der Waals surface area contributed by atoms with Crippen molar-refractivity contribution < 1.29 is 39.5 Å². The van der Waals surface area contributed by atoms with Crippen molar-refractivity contribution in [3.63, 3.8) is 0 Å². The van der Waals surface area contributed by atoms with Gasteiger partial charge in [-0.3, -0.25) is 0 Å². The fraction of sp³-hybridized carbons (Fsp3) is 0.190. The SMILES string of the molecule is CCS(=O)(=O)c1cc(-c2ccc(OC(F)(F)F)cc2)cnc1-n1nc2cc(SC(F)(F)F)ccn2c1=O. The largest absolute Gasteiger partial charge is 0.573 e. The Morgan fingerprint density at radius 3 is 2.27 bits per heavy atom. The highest BCUT2D eigenvalue weighted by atomic mass is 32.2. The van der Waals surface area contributed by atoms with Crippen LogP contribution in [-0.4, -0.2) is 45.2 Å². The van der Waals surface area contributed by atoms with Crippen LogP contribution in [0.25, 0.3) is 22.6 Å². The van der Waals surface area contributed by atoms with Crippen molar-refractivity contribution in [2.24, 2.45) is 0 Å². The molecule has 0 radical (unpaired) electrons. The minimum Gasteiger partial charge on any atom is -0.406 e.